The molecule has 0 unspecified atom stereocenters. The van der Waals surface area contributed by atoms with Gasteiger partial charge >= 0.3 is 5.97 Å². The zero-order valence-electron chi connectivity index (χ0n) is 13.9. The molecule has 1 aliphatic rings. The van der Waals surface area contributed by atoms with Crippen LogP contribution in [-0.2, 0) is 4.74 Å². The highest BCUT2D eigenvalue weighted by Gasteiger charge is 2.50. The van der Waals surface area contributed by atoms with E-state index in [9.17, 15) is 14.9 Å². The van der Waals surface area contributed by atoms with Crippen molar-refractivity contribution in [1.82, 2.24) is 0 Å². The molecule has 0 aliphatic heterocycles. The van der Waals surface area contributed by atoms with Gasteiger partial charge in [-0.15, -0.1) is 0 Å². The van der Waals surface area contributed by atoms with Crippen LogP contribution in [-0.4, -0.2) is 16.5 Å². The fourth-order valence-electron chi connectivity index (χ4n) is 3.13. The van der Waals surface area contributed by atoms with Crippen molar-refractivity contribution in [2.45, 2.75) is 31.8 Å². The number of benzene rings is 2. The lowest BCUT2D eigenvalue weighted by Gasteiger charge is -2.26. The highest BCUT2D eigenvalue weighted by Crippen LogP contribution is 2.54. The Morgan fingerprint density at radius 3 is 2.32 bits per heavy atom. The summed E-state index contributed by atoms with van der Waals surface area (Å²) in [5.41, 5.74) is 0.820. The van der Waals surface area contributed by atoms with Gasteiger partial charge in [-0.05, 0) is 56.0 Å². The Morgan fingerprint density at radius 2 is 1.76 bits per heavy atom. The van der Waals surface area contributed by atoms with Gasteiger partial charge in [0.25, 0.3) is 5.69 Å². The highest BCUT2D eigenvalue weighted by atomic mass is 35.5. The Morgan fingerprint density at radius 1 is 1.16 bits per heavy atom. The molecule has 6 heteroatoms. The molecule has 2 aromatic rings. The number of nitro groups is 1. The molecule has 0 radical (unpaired) electrons. The van der Waals surface area contributed by atoms with Gasteiger partial charge in [-0.1, -0.05) is 23.7 Å². The first kappa shape index (κ1) is 17.4. The zero-order valence-corrected chi connectivity index (χ0v) is 14.7. The summed E-state index contributed by atoms with van der Waals surface area (Å²) in [7, 11) is 0. The molecule has 25 heavy (non-hydrogen) atoms. The molecule has 5 nitrogen and oxygen atoms in total. The third-order valence-corrected chi connectivity index (χ3v) is 4.90. The summed E-state index contributed by atoms with van der Waals surface area (Å²) in [4.78, 5) is 22.5. The lowest BCUT2D eigenvalue weighted by Crippen LogP contribution is -2.31. The van der Waals surface area contributed by atoms with Crippen molar-refractivity contribution in [3.63, 3.8) is 0 Å². The molecule has 1 saturated carbocycles. The average Bonchev–Trinajstić information content (AvgIpc) is 3.37. The van der Waals surface area contributed by atoms with E-state index in [0.717, 1.165) is 6.42 Å². The minimum Gasteiger partial charge on any atom is -0.456 e. The lowest BCUT2D eigenvalue weighted by atomic mass is 9.98. The van der Waals surface area contributed by atoms with E-state index >= 15 is 0 Å². The first-order chi connectivity index (χ1) is 11.8. The Balaban J connectivity index is 1.66. The average molecular weight is 360 g/mol. The molecule has 2 atom stereocenters. The molecule has 1 aliphatic carbocycles. The van der Waals surface area contributed by atoms with Crippen molar-refractivity contribution in [3.8, 4) is 0 Å². The van der Waals surface area contributed by atoms with E-state index in [1.165, 1.54) is 29.8 Å². The molecule has 0 saturated heterocycles. The number of halogens is 1. The molecule has 1 fully saturated rings. The van der Waals surface area contributed by atoms with Crippen molar-refractivity contribution in [1.29, 1.82) is 0 Å². The summed E-state index contributed by atoms with van der Waals surface area (Å²) in [6.45, 7) is 3.80. The second-order valence-electron chi connectivity index (χ2n) is 6.80. The molecular formula is C19H18ClNO4. The highest BCUT2D eigenvalue weighted by molar-refractivity contribution is 6.30. The maximum Gasteiger partial charge on any atom is 0.338 e. The number of hydrogen-bond acceptors (Lipinski definition) is 4. The summed E-state index contributed by atoms with van der Waals surface area (Å²) in [6.07, 6.45) is 0.947. The van der Waals surface area contributed by atoms with Gasteiger partial charge in [-0.3, -0.25) is 10.1 Å². The number of carbonyl (C=O) groups excluding carboxylic acids is 1. The molecule has 3 rings (SSSR count). The van der Waals surface area contributed by atoms with E-state index in [-0.39, 0.29) is 11.6 Å². The molecule has 0 N–H and O–H groups in total. The minimum absolute atomic E-state index is 0.0548. The quantitative estimate of drug-likeness (QED) is 0.428. The van der Waals surface area contributed by atoms with E-state index in [1.54, 1.807) is 0 Å². The van der Waals surface area contributed by atoms with E-state index in [0.29, 0.717) is 16.5 Å². The Hall–Kier alpha value is -2.40. The number of non-ortho nitro benzene ring substituents is 1. The van der Waals surface area contributed by atoms with Crippen molar-refractivity contribution < 1.29 is 14.5 Å². The predicted octanol–water partition coefficient (Wildman–Crippen LogP) is 4.99. The summed E-state index contributed by atoms with van der Waals surface area (Å²) in [5, 5.41) is 11.4. The molecule has 0 heterocycles. The van der Waals surface area contributed by atoms with Gasteiger partial charge in [0.15, 0.2) is 0 Å². The van der Waals surface area contributed by atoms with Gasteiger partial charge in [0, 0.05) is 23.1 Å². The number of nitrogens with zero attached hydrogens (tertiary/aromatic N) is 1. The lowest BCUT2D eigenvalue weighted by molar-refractivity contribution is -0.384. The third-order valence-electron chi connectivity index (χ3n) is 4.65. The molecule has 0 aromatic heterocycles. The topological polar surface area (TPSA) is 69.4 Å². The number of ether oxygens (including phenoxy) is 1. The zero-order chi connectivity index (χ0) is 18.2. The van der Waals surface area contributed by atoms with E-state index in [1.807, 2.05) is 38.1 Å². The van der Waals surface area contributed by atoms with Crippen LogP contribution in [0.3, 0.4) is 0 Å². The molecule has 0 bridgehead atoms. The summed E-state index contributed by atoms with van der Waals surface area (Å²) in [6, 6.07) is 13.2. The normalized spacial score (nSPS) is 19.3. The van der Waals surface area contributed by atoms with Gasteiger partial charge in [-0.2, -0.15) is 0 Å². The molecular weight excluding hydrogens is 342 g/mol. The molecule has 130 valence electrons. The largest absolute Gasteiger partial charge is 0.456 e. The Kier molecular flexibility index (Phi) is 4.52. The maximum atomic E-state index is 12.4. The fraction of sp³-hybridized carbons (Fsp3) is 0.316. The smallest absolute Gasteiger partial charge is 0.338 e. The number of nitro benzene ring substituents is 1. The second-order valence-corrected chi connectivity index (χ2v) is 7.23. The maximum absolute atomic E-state index is 12.4. The Bertz CT molecular complexity index is 799. The number of esters is 1. The first-order valence-electron chi connectivity index (χ1n) is 8.01. The van der Waals surface area contributed by atoms with Gasteiger partial charge in [-0.25, -0.2) is 4.79 Å². The first-order valence-corrected chi connectivity index (χ1v) is 8.39. The van der Waals surface area contributed by atoms with Crippen molar-refractivity contribution in [2.75, 3.05) is 0 Å². The Labute approximate surface area is 150 Å². The van der Waals surface area contributed by atoms with Gasteiger partial charge < -0.3 is 4.74 Å². The van der Waals surface area contributed by atoms with E-state index < -0.39 is 16.5 Å². The number of carbonyl (C=O) groups is 1. The third kappa shape index (κ3) is 3.82. The minimum atomic E-state index is -0.622. The van der Waals surface area contributed by atoms with Crippen LogP contribution >= 0.6 is 11.6 Å². The summed E-state index contributed by atoms with van der Waals surface area (Å²) < 4.78 is 5.69. The number of rotatable bonds is 5. The predicted molar refractivity (Wildman–Crippen MR) is 94.9 cm³/mol. The SMILES string of the molecule is CC(C)(OC(=O)c1ccc([N+](=O)[O-])cc1)[C@H]1C[C@@H]1c1ccc(Cl)cc1. The van der Waals surface area contributed by atoms with Gasteiger partial charge in [0.05, 0.1) is 10.5 Å². The van der Waals surface area contributed by atoms with E-state index in [4.69, 9.17) is 16.3 Å². The van der Waals surface area contributed by atoms with Gasteiger partial charge in [0.2, 0.25) is 0 Å². The van der Waals surface area contributed by atoms with Crippen LogP contribution < -0.4 is 0 Å². The van der Waals surface area contributed by atoms with Crippen LogP contribution in [0.2, 0.25) is 5.02 Å². The standard InChI is InChI=1S/C19H18ClNO4/c1-19(2,17-11-16(17)12-3-7-14(20)8-4-12)25-18(22)13-5-9-15(10-6-13)21(23)24/h3-10,16-17H,11H2,1-2H3/t16-,17+/m1/s1. The number of hydrogen-bond donors (Lipinski definition) is 0. The van der Waals surface area contributed by atoms with E-state index in [2.05, 4.69) is 0 Å². The van der Waals surface area contributed by atoms with Crippen LogP contribution in [0, 0.1) is 16.0 Å². The van der Waals surface area contributed by atoms with Crippen molar-refractivity contribution >= 4 is 23.3 Å². The fourth-order valence-corrected chi connectivity index (χ4v) is 3.26. The van der Waals surface area contributed by atoms with Crippen LogP contribution in [0.4, 0.5) is 5.69 Å². The van der Waals surface area contributed by atoms with Gasteiger partial charge in [0.1, 0.15) is 5.60 Å². The molecule has 0 spiro atoms. The second kappa shape index (κ2) is 6.48. The van der Waals surface area contributed by atoms with Crippen LogP contribution in [0.15, 0.2) is 48.5 Å². The van der Waals surface area contributed by atoms with Crippen LogP contribution in [0.1, 0.15) is 42.1 Å². The monoisotopic (exact) mass is 359 g/mol. The molecule has 2 aromatic carbocycles. The molecule has 0 amide bonds. The summed E-state index contributed by atoms with van der Waals surface area (Å²) >= 11 is 5.92. The van der Waals surface area contributed by atoms with Crippen LogP contribution in [0.25, 0.3) is 0 Å². The van der Waals surface area contributed by atoms with Crippen molar-refractivity contribution in [3.05, 3.63) is 74.8 Å². The van der Waals surface area contributed by atoms with Crippen LogP contribution in [0.5, 0.6) is 0 Å². The summed E-state index contributed by atoms with van der Waals surface area (Å²) in [5.74, 6) is 0.106. The van der Waals surface area contributed by atoms with Crippen molar-refractivity contribution in [2.24, 2.45) is 5.92 Å².